The maximum absolute atomic E-state index is 12.6. The fourth-order valence-corrected chi connectivity index (χ4v) is 3.04. The molecule has 1 saturated carbocycles. The molecular formula is C18H27NO. The van der Waals surface area contributed by atoms with Gasteiger partial charge in [-0.3, -0.25) is 4.79 Å². The van der Waals surface area contributed by atoms with Gasteiger partial charge in [0.2, 0.25) is 5.91 Å². The van der Waals surface area contributed by atoms with Gasteiger partial charge in [0.15, 0.2) is 0 Å². The van der Waals surface area contributed by atoms with Crippen molar-refractivity contribution in [3.05, 3.63) is 35.9 Å². The molecule has 1 fully saturated rings. The molecule has 0 N–H and O–H groups in total. The molecule has 1 amide bonds. The Hall–Kier alpha value is -1.31. The fraction of sp³-hybridized carbons (Fsp3) is 0.611. The molecule has 0 spiro atoms. The lowest BCUT2D eigenvalue weighted by Crippen LogP contribution is -2.42. The zero-order valence-electron chi connectivity index (χ0n) is 12.8. The van der Waals surface area contributed by atoms with Crippen molar-refractivity contribution in [3.8, 4) is 0 Å². The van der Waals surface area contributed by atoms with Gasteiger partial charge in [0.1, 0.15) is 0 Å². The second-order valence-corrected chi connectivity index (χ2v) is 6.01. The third-order valence-corrected chi connectivity index (χ3v) is 4.57. The molecule has 0 bridgehead atoms. The molecule has 0 aromatic heterocycles. The van der Waals surface area contributed by atoms with Crippen LogP contribution in [-0.2, 0) is 11.2 Å². The summed E-state index contributed by atoms with van der Waals surface area (Å²) >= 11 is 0. The lowest BCUT2D eigenvalue weighted by Gasteiger charge is -2.31. The largest absolute Gasteiger partial charge is 0.339 e. The summed E-state index contributed by atoms with van der Waals surface area (Å²) in [5.74, 6) is 0.515. The molecule has 20 heavy (non-hydrogen) atoms. The lowest BCUT2D eigenvalue weighted by molar-refractivity contribution is -0.137. The third-order valence-electron chi connectivity index (χ3n) is 4.57. The highest BCUT2D eigenvalue weighted by Crippen LogP contribution is 2.25. The lowest BCUT2D eigenvalue weighted by atomic mass is 10.0. The maximum Gasteiger partial charge on any atom is 0.225 e. The summed E-state index contributed by atoms with van der Waals surface area (Å²) in [7, 11) is 0. The van der Waals surface area contributed by atoms with Gasteiger partial charge in [-0.1, -0.05) is 57.0 Å². The van der Waals surface area contributed by atoms with Gasteiger partial charge in [0, 0.05) is 18.5 Å². The van der Waals surface area contributed by atoms with Crippen LogP contribution in [0.3, 0.4) is 0 Å². The van der Waals surface area contributed by atoms with E-state index in [1.165, 1.54) is 31.2 Å². The number of carbonyl (C=O) groups excluding carboxylic acids is 1. The molecule has 2 nitrogen and oxygen atoms in total. The van der Waals surface area contributed by atoms with E-state index in [9.17, 15) is 4.79 Å². The minimum Gasteiger partial charge on any atom is -0.339 e. The Bertz CT molecular complexity index is 409. The van der Waals surface area contributed by atoms with Crippen molar-refractivity contribution in [2.45, 2.75) is 58.4 Å². The van der Waals surface area contributed by atoms with Crippen LogP contribution in [0.1, 0.15) is 51.5 Å². The minimum atomic E-state index is 0.159. The summed E-state index contributed by atoms with van der Waals surface area (Å²) in [6.07, 6.45) is 6.85. The number of benzene rings is 1. The number of hydrogen-bond acceptors (Lipinski definition) is 1. The standard InChI is InChI=1S/C18H27NO/c1-3-15(2)18(20)19(17-11-7-8-12-17)14-13-16-9-5-4-6-10-16/h4-6,9-10,15,17H,3,7-8,11-14H2,1-2H3. The van der Waals surface area contributed by atoms with E-state index in [2.05, 4.69) is 43.0 Å². The molecule has 1 aliphatic rings. The first-order chi connectivity index (χ1) is 9.72. The Morgan fingerprint density at radius 3 is 2.50 bits per heavy atom. The van der Waals surface area contributed by atoms with Crippen molar-refractivity contribution in [1.82, 2.24) is 4.90 Å². The summed E-state index contributed by atoms with van der Waals surface area (Å²) in [5.41, 5.74) is 1.33. The van der Waals surface area contributed by atoms with Crippen LogP contribution in [0.15, 0.2) is 30.3 Å². The maximum atomic E-state index is 12.6. The van der Waals surface area contributed by atoms with Crippen LogP contribution in [0.5, 0.6) is 0 Å². The van der Waals surface area contributed by atoms with Gasteiger partial charge in [-0.2, -0.15) is 0 Å². The molecule has 0 heterocycles. The second-order valence-electron chi connectivity index (χ2n) is 6.01. The van der Waals surface area contributed by atoms with Crippen LogP contribution in [0, 0.1) is 5.92 Å². The fourth-order valence-electron chi connectivity index (χ4n) is 3.04. The molecule has 0 saturated heterocycles. The van der Waals surface area contributed by atoms with Crippen molar-refractivity contribution in [2.24, 2.45) is 5.92 Å². The van der Waals surface area contributed by atoms with Gasteiger partial charge in [-0.25, -0.2) is 0 Å². The van der Waals surface area contributed by atoms with E-state index in [1.54, 1.807) is 0 Å². The van der Waals surface area contributed by atoms with Crippen LogP contribution in [0.2, 0.25) is 0 Å². The van der Waals surface area contributed by atoms with Crippen molar-refractivity contribution >= 4 is 5.91 Å². The van der Waals surface area contributed by atoms with Crippen molar-refractivity contribution in [2.75, 3.05) is 6.54 Å². The second kappa shape index (κ2) is 7.47. The highest BCUT2D eigenvalue weighted by Gasteiger charge is 2.28. The topological polar surface area (TPSA) is 20.3 Å². The molecule has 1 aromatic carbocycles. The summed E-state index contributed by atoms with van der Waals surface area (Å²) in [5, 5.41) is 0. The van der Waals surface area contributed by atoms with Crippen molar-refractivity contribution in [3.63, 3.8) is 0 Å². The number of carbonyl (C=O) groups is 1. The molecule has 1 atom stereocenters. The first-order valence-corrected chi connectivity index (χ1v) is 8.06. The van der Waals surface area contributed by atoms with Gasteiger partial charge in [0.05, 0.1) is 0 Å². The average molecular weight is 273 g/mol. The normalized spacial score (nSPS) is 17.1. The molecule has 1 aromatic rings. The van der Waals surface area contributed by atoms with Crippen molar-refractivity contribution in [1.29, 1.82) is 0 Å². The molecule has 0 radical (unpaired) electrons. The summed E-state index contributed by atoms with van der Waals surface area (Å²) < 4.78 is 0. The quantitative estimate of drug-likeness (QED) is 0.766. The van der Waals surface area contributed by atoms with Gasteiger partial charge in [0.25, 0.3) is 0 Å². The van der Waals surface area contributed by atoms with E-state index in [-0.39, 0.29) is 5.92 Å². The van der Waals surface area contributed by atoms with Crippen LogP contribution >= 0.6 is 0 Å². The van der Waals surface area contributed by atoms with E-state index in [1.807, 2.05) is 6.07 Å². The highest BCUT2D eigenvalue weighted by molar-refractivity contribution is 5.78. The first-order valence-electron chi connectivity index (χ1n) is 8.06. The van der Waals surface area contributed by atoms with Crippen LogP contribution < -0.4 is 0 Å². The Balaban J connectivity index is 2.00. The van der Waals surface area contributed by atoms with E-state index < -0.39 is 0 Å². The first kappa shape index (κ1) is 15.1. The van der Waals surface area contributed by atoms with Gasteiger partial charge < -0.3 is 4.90 Å². The van der Waals surface area contributed by atoms with E-state index in [4.69, 9.17) is 0 Å². The Morgan fingerprint density at radius 1 is 1.25 bits per heavy atom. The zero-order chi connectivity index (χ0) is 14.4. The number of hydrogen-bond donors (Lipinski definition) is 0. The molecule has 2 rings (SSSR count). The van der Waals surface area contributed by atoms with Gasteiger partial charge in [-0.05, 0) is 31.2 Å². The van der Waals surface area contributed by atoms with E-state index in [0.29, 0.717) is 11.9 Å². The van der Waals surface area contributed by atoms with E-state index in [0.717, 1.165) is 19.4 Å². The van der Waals surface area contributed by atoms with Crippen LogP contribution in [-0.4, -0.2) is 23.4 Å². The highest BCUT2D eigenvalue weighted by atomic mass is 16.2. The smallest absolute Gasteiger partial charge is 0.225 e. The molecule has 0 aliphatic heterocycles. The van der Waals surface area contributed by atoms with Gasteiger partial charge in [-0.15, -0.1) is 0 Å². The third kappa shape index (κ3) is 3.84. The van der Waals surface area contributed by atoms with Crippen LogP contribution in [0.25, 0.3) is 0 Å². The summed E-state index contributed by atoms with van der Waals surface area (Å²) in [6, 6.07) is 11.0. The van der Waals surface area contributed by atoms with Crippen LogP contribution in [0.4, 0.5) is 0 Å². The predicted molar refractivity (Wildman–Crippen MR) is 83.6 cm³/mol. The average Bonchev–Trinajstić information content (AvgIpc) is 3.01. The Labute approximate surface area is 123 Å². The predicted octanol–water partition coefficient (Wildman–Crippen LogP) is 4.05. The monoisotopic (exact) mass is 273 g/mol. The zero-order valence-corrected chi connectivity index (χ0v) is 12.8. The SMILES string of the molecule is CCC(C)C(=O)N(CCc1ccccc1)C1CCCC1. The Morgan fingerprint density at radius 2 is 1.90 bits per heavy atom. The minimum absolute atomic E-state index is 0.159. The van der Waals surface area contributed by atoms with E-state index >= 15 is 0 Å². The van der Waals surface area contributed by atoms with Gasteiger partial charge >= 0.3 is 0 Å². The molecular weight excluding hydrogens is 246 g/mol. The van der Waals surface area contributed by atoms with Crippen molar-refractivity contribution < 1.29 is 4.79 Å². The number of rotatable bonds is 6. The molecule has 1 aliphatic carbocycles. The summed E-state index contributed by atoms with van der Waals surface area (Å²) in [4.78, 5) is 14.8. The Kier molecular flexibility index (Phi) is 5.63. The number of nitrogens with zero attached hydrogens (tertiary/aromatic N) is 1. The number of amides is 1. The molecule has 2 heteroatoms. The summed E-state index contributed by atoms with van der Waals surface area (Å²) in [6.45, 7) is 5.04. The molecule has 1 unspecified atom stereocenters. The molecule has 110 valence electrons.